The monoisotopic (exact) mass is 373 g/mol. The van der Waals surface area contributed by atoms with Crippen molar-refractivity contribution in [2.75, 3.05) is 31.1 Å². The maximum Gasteiger partial charge on any atom is 0.271 e. The largest absolute Gasteiger partial charge is 0.352 e. The van der Waals surface area contributed by atoms with E-state index < -0.39 is 0 Å². The Morgan fingerprint density at radius 3 is 2.35 bits per heavy atom. The van der Waals surface area contributed by atoms with Crippen molar-refractivity contribution in [3.8, 4) is 0 Å². The van der Waals surface area contributed by atoms with Crippen molar-refractivity contribution >= 4 is 29.2 Å². The second-order valence-corrected chi connectivity index (χ2v) is 6.50. The van der Waals surface area contributed by atoms with Crippen molar-refractivity contribution in [1.29, 1.82) is 0 Å². The minimum atomic E-state index is -0.277. The van der Waals surface area contributed by atoms with Crippen LogP contribution in [0.4, 0.5) is 5.82 Å². The molecule has 2 aromatic rings. The Bertz CT molecular complexity index is 771. The number of aromatic nitrogens is 2. The van der Waals surface area contributed by atoms with Crippen LogP contribution in [0, 0.1) is 0 Å². The highest BCUT2D eigenvalue weighted by Gasteiger charge is 2.20. The average Bonchev–Trinajstić information content (AvgIpc) is 2.67. The Kier molecular flexibility index (Phi) is 5.68. The average molecular weight is 374 g/mol. The minimum Gasteiger partial charge on any atom is -0.352 e. The van der Waals surface area contributed by atoms with Gasteiger partial charge < -0.3 is 15.1 Å². The van der Waals surface area contributed by atoms with E-state index in [1.807, 2.05) is 17.0 Å². The minimum absolute atomic E-state index is 0.0865. The quantitative estimate of drug-likeness (QED) is 0.883. The number of rotatable bonds is 4. The van der Waals surface area contributed by atoms with Gasteiger partial charge in [0, 0.05) is 44.7 Å². The molecular formula is C18H20ClN5O2. The van der Waals surface area contributed by atoms with Crippen LogP contribution in [0.15, 0.2) is 36.7 Å². The molecule has 1 N–H and O–H groups in total. The van der Waals surface area contributed by atoms with Crippen LogP contribution in [0.25, 0.3) is 0 Å². The fourth-order valence-electron chi connectivity index (χ4n) is 2.73. The molecule has 0 radical (unpaired) electrons. The molecule has 1 saturated heterocycles. The van der Waals surface area contributed by atoms with E-state index in [0.29, 0.717) is 43.6 Å². The van der Waals surface area contributed by atoms with Crippen LogP contribution in [0.5, 0.6) is 0 Å². The Balaban J connectivity index is 1.54. The Hall–Kier alpha value is -2.67. The summed E-state index contributed by atoms with van der Waals surface area (Å²) in [7, 11) is 0. The summed E-state index contributed by atoms with van der Waals surface area (Å²) >= 11 is 5.84. The molecule has 0 saturated carbocycles. The smallest absolute Gasteiger partial charge is 0.271 e. The molecule has 0 bridgehead atoms. The summed E-state index contributed by atoms with van der Waals surface area (Å²) in [6.45, 7) is 4.72. The molecule has 0 unspecified atom stereocenters. The molecule has 1 aliphatic rings. The van der Waals surface area contributed by atoms with Crippen LogP contribution in [-0.4, -0.2) is 52.9 Å². The van der Waals surface area contributed by atoms with E-state index >= 15 is 0 Å². The fraction of sp³-hybridized carbons (Fsp3) is 0.333. The van der Waals surface area contributed by atoms with E-state index in [0.717, 1.165) is 5.56 Å². The number of halogens is 1. The molecule has 26 heavy (non-hydrogen) atoms. The normalized spacial score (nSPS) is 14.2. The Morgan fingerprint density at radius 1 is 1.08 bits per heavy atom. The maximum atomic E-state index is 12.2. The molecule has 2 heterocycles. The molecule has 3 rings (SSSR count). The van der Waals surface area contributed by atoms with Crippen LogP contribution in [0.3, 0.4) is 0 Å². The molecule has 1 aliphatic heterocycles. The van der Waals surface area contributed by atoms with Gasteiger partial charge in [-0.05, 0) is 17.7 Å². The van der Waals surface area contributed by atoms with E-state index in [9.17, 15) is 9.59 Å². The summed E-state index contributed by atoms with van der Waals surface area (Å²) in [5, 5.41) is 3.47. The number of carbonyl (C=O) groups is 2. The number of hydrogen-bond acceptors (Lipinski definition) is 5. The summed E-state index contributed by atoms with van der Waals surface area (Å²) in [5.41, 5.74) is 1.22. The number of anilines is 1. The molecular weight excluding hydrogens is 354 g/mol. The van der Waals surface area contributed by atoms with Gasteiger partial charge in [-0.25, -0.2) is 9.97 Å². The molecule has 7 nitrogen and oxygen atoms in total. The lowest BCUT2D eigenvalue weighted by molar-refractivity contribution is -0.129. The molecule has 0 atom stereocenters. The highest BCUT2D eigenvalue weighted by molar-refractivity contribution is 6.30. The van der Waals surface area contributed by atoms with Gasteiger partial charge in [-0.3, -0.25) is 9.59 Å². The van der Waals surface area contributed by atoms with E-state index in [1.165, 1.54) is 6.20 Å². The first kappa shape index (κ1) is 18.1. The molecule has 1 aromatic carbocycles. The third kappa shape index (κ3) is 4.49. The van der Waals surface area contributed by atoms with Gasteiger partial charge in [0.1, 0.15) is 11.5 Å². The predicted molar refractivity (Wildman–Crippen MR) is 99.1 cm³/mol. The van der Waals surface area contributed by atoms with Crippen LogP contribution in [0.1, 0.15) is 23.0 Å². The molecule has 0 spiro atoms. The second kappa shape index (κ2) is 8.14. The summed E-state index contributed by atoms with van der Waals surface area (Å²) < 4.78 is 0. The second-order valence-electron chi connectivity index (χ2n) is 6.06. The zero-order chi connectivity index (χ0) is 18.5. The number of amides is 2. The van der Waals surface area contributed by atoms with Crippen molar-refractivity contribution < 1.29 is 9.59 Å². The third-order valence-corrected chi connectivity index (χ3v) is 4.54. The van der Waals surface area contributed by atoms with Gasteiger partial charge in [0.25, 0.3) is 5.91 Å². The zero-order valence-electron chi connectivity index (χ0n) is 14.5. The zero-order valence-corrected chi connectivity index (χ0v) is 15.2. The lowest BCUT2D eigenvalue weighted by Crippen LogP contribution is -2.48. The van der Waals surface area contributed by atoms with Crippen LogP contribution < -0.4 is 10.2 Å². The summed E-state index contributed by atoms with van der Waals surface area (Å²) in [6.07, 6.45) is 3.07. The van der Waals surface area contributed by atoms with Gasteiger partial charge in [0.2, 0.25) is 5.91 Å². The predicted octanol–water partition coefficient (Wildman–Crippen LogP) is 1.73. The maximum absolute atomic E-state index is 12.2. The molecule has 8 heteroatoms. The summed E-state index contributed by atoms with van der Waals surface area (Å²) in [5.74, 6) is 0.520. The molecule has 1 aromatic heterocycles. The number of benzene rings is 1. The van der Waals surface area contributed by atoms with Gasteiger partial charge in [-0.1, -0.05) is 23.7 Å². The topological polar surface area (TPSA) is 78.4 Å². The van der Waals surface area contributed by atoms with Crippen LogP contribution >= 0.6 is 11.6 Å². The number of piperazine rings is 1. The first-order valence-corrected chi connectivity index (χ1v) is 8.76. The number of carbonyl (C=O) groups excluding carboxylic acids is 2. The SMILES string of the molecule is CC(=O)N1CCN(c2cnc(C(=O)NCc3ccc(Cl)cc3)cn2)CC1. The van der Waals surface area contributed by atoms with Crippen molar-refractivity contribution in [1.82, 2.24) is 20.2 Å². The third-order valence-electron chi connectivity index (χ3n) is 4.29. The Labute approximate surface area is 157 Å². The highest BCUT2D eigenvalue weighted by Crippen LogP contribution is 2.13. The standard InChI is InChI=1S/C18H20ClN5O2/c1-13(25)23-6-8-24(9-7-23)17-12-20-16(11-21-17)18(26)22-10-14-2-4-15(19)5-3-14/h2-5,11-12H,6-10H2,1H3,(H,22,26). The summed E-state index contributed by atoms with van der Waals surface area (Å²) in [4.78, 5) is 36.0. The molecule has 136 valence electrons. The summed E-state index contributed by atoms with van der Waals surface area (Å²) in [6, 6.07) is 7.28. The van der Waals surface area contributed by atoms with Crippen molar-refractivity contribution in [2.24, 2.45) is 0 Å². The van der Waals surface area contributed by atoms with Crippen molar-refractivity contribution in [3.63, 3.8) is 0 Å². The fourth-order valence-corrected chi connectivity index (χ4v) is 2.85. The van der Waals surface area contributed by atoms with Crippen LogP contribution in [0.2, 0.25) is 5.02 Å². The molecule has 0 aliphatic carbocycles. The van der Waals surface area contributed by atoms with Gasteiger partial charge >= 0.3 is 0 Å². The first-order valence-electron chi connectivity index (χ1n) is 8.38. The van der Waals surface area contributed by atoms with Crippen LogP contribution in [-0.2, 0) is 11.3 Å². The lowest BCUT2D eigenvalue weighted by atomic mass is 10.2. The number of hydrogen-bond donors (Lipinski definition) is 1. The molecule has 2 amide bonds. The first-order chi connectivity index (χ1) is 12.5. The van der Waals surface area contributed by atoms with Gasteiger partial charge in [-0.15, -0.1) is 0 Å². The Morgan fingerprint density at radius 2 is 1.77 bits per heavy atom. The number of nitrogens with zero attached hydrogens (tertiary/aromatic N) is 4. The van der Waals surface area contributed by atoms with Gasteiger partial charge in [0.15, 0.2) is 0 Å². The van der Waals surface area contributed by atoms with E-state index in [4.69, 9.17) is 11.6 Å². The van der Waals surface area contributed by atoms with Gasteiger partial charge in [0.05, 0.1) is 12.4 Å². The number of nitrogens with one attached hydrogen (secondary N) is 1. The van der Waals surface area contributed by atoms with E-state index in [-0.39, 0.29) is 17.5 Å². The van der Waals surface area contributed by atoms with Crippen molar-refractivity contribution in [3.05, 3.63) is 52.9 Å². The van der Waals surface area contributed by atoms with E-state index in [1.54, 1.807) is 25.3 Å². The van der Waals surface area contributed by atoms with Gasteiger partial charge in [-0.2, -0.15) is 0 Å². The van der Waals surface area contributed by atoms with Crippen molar-refractivity contribution in [2.45, 2.75) is 13.5 Å². The molecule has 1 fully saturated rings. The highest BCUT2D eigenvalue weighted by atomic mass is 35.5. The van der Waals surface area contributed by atoms with E-state index in [2.05, 4.69) is 20.2 Å². The lowest BCUT2D eigenvalue weighted by Gasteiger charge is -2.34.